The van der Waals surface area contributed by atoms with Crippen LogP contribution in [0.5, 0.6) is 0 Å². The topological polar surface area (TPSA) is 144 Å². The maximum absolute atomic E-state index is 15.2. The standard InChI is InChI=1S/C29H29FN8O3/c30-23-11-18(16-4-5-16)10-17-6-8-37(27(40)25(17)23)24-3-1-2-21(22(24)14-39)26-34-28(31)36-29(35-26)33-19-12-32-38(13-19)20-7-9-41-15-20/h1-3,10-13,16,20,39H,4-9,14-15H2,(H3,31,33,34,35,36). The van der Waals surface area contributed by atoms with Crippen molar-refractivity contribution >= 4 is 29.2 Å². The summed E-state index contributed by atoms with van der Waals surface area (Å²) in [6.07, 6.45) is 7.05. The number of carbonyl (C=O) groups excluding carboxylic acids is 1. The number of hydrogen-bond donors (Lipinski definition) is 3. The fourth-order valence-corrected chi connectivity index (χ4v) is 5.71. The second-order valence-electron chi connectivity index (χ2n) is 10.7. The van der Waals surface area contributed by atoms with Gasteiger partial charge in [-0.2, -0.15) is 20.1 Å². The van der Waals surface area contributed by atoms with Crippen molar-refractivity contribution in [3.05, 3.63) is 70.8 Å². The van der Waals surface area contributed by atoms with E-state index in [9.17, 15) is 9.90 Å². The molecule has 1 aliphatic carbocycles. The molecule has 1 saturated carbocycles. The fraction of sp³-hybridized carbons (Fsp3) is 0.345. The summed E-state index contributed by atoms with van der Waals surface area (Å²) >= 11 is 0. The third-order valence-corrected chi connectivity index (χ3v) is 7.94. The molecule has 11 nitrogen and oxygen atoms in total. The molecule has 2 aliphatic heterocycles. The predicted molar refractivity (Wildman–Crippen MR) is 149 cm³/mol. The van der Waals surface area contributed by atoms with Crippen molar-refractivity contribution in [3.63, 3.8) is 0 Å². The zero-order valence-electron chi connectivity index (χ0n) is 22.3. The number of aliphatic hydroxyl groups is 1. The number of ether oxygens (including phenoxy) is 1. The molecule has 210 valence electrons. The van der Waals surface area contributed by atoms with Crippen molar-refractivity contribution in [3.8, 4) is 11.4 Å². The summed E-state index contributed by atoms with van der Waals surface area (Å²) in [7, 11) is 0. The van der Waals surface area contributed by atoms with Crippen LogP contribution in [0, 0.1) is 5.82 Å². The molecule has 4 N–H and O–H groups in total. The number of benzene rings is 2. The van der Waals surface area contributed by atoms with Crippen LogP contribution in [0.4, 0.5) is 27.7 Å². The number of hydrogen-bond acceptors (Lipinski definition) is 9. The monoisotopic (exact) mass is 556 g/mol. The number of nitrogen functional groups attached to an aromatic ring is 1. The van der Waals surface area contributed by atoms with Gasteiger partial charge in [0.15, 0.2) is 5.82 Å². The minimum Gasteiger partial charge on any atom is -0.392 e. The van der Waals surface area contributed by atoms with Gasteiger partial charge in [-0.3, -0.25) is 9.48 Å². The number of aromatic nitrogens is 5. The van der Waals surface area contributed by atoms with E-state index in [1.807, 2.05) is 16.9 Å². The number of amides is 1. The largest absolute Gasteiger partial charge is 0.392 e. The molecule has 12 heteroatoms. The van der Waals surface area contributed by atoms with E-state index in [2.05, 4.69) is 25.4 Å². The molecule has 0 spiro atoms. The first kappa shape index (κ1) is 25.5. The summed E-state index contributed by atoms with van der Waals surface area (Å²) < 4.78 is 22.5. The second-order valence-corrected chi connectivity index (χ2v) is 10.7. The Kier molecular flexibility index (Phi) is 6.36. The Bertz CT molecular complexity index is 1650. The maximum atomic E-state index is 15.2. The van der Waals surface area contributed by atoms with Gasteiger partial charge in [0.2, 0.25) is 11.9 Å². The smallest absolute Gasteiger partial charge is 0.261 e. The fourth-order valence-electron chi connectivity index (χ4n) is 5.71. The predicted octanol–water partition coefficient (Wildman–Crippen LogP) is 3.73. The van der Waals surface area contributed by atoms with Gasteiger partial charge in [0.25, 0.3) is 5.91 Å². The summed E-state index contributed by atoms with van der Waals surface area (Å²) in [6.45, 7) is 1.29. The van der Waals surface area contributed by atoms with Crippen molar-refractivity contribution < 1.29 is 19.0 Å². The van der Waals surface area contributed by atoms with E-state index in [1.54, 1.807) is 24.4 Å². The Morgan fingerprint density at radius 2 is 2.05 bits per heavy atom. The number of aliphatic hydroxyl groups excluding tert-OH is 1. The molecule has 2 aromatic heterocycles. The molecule has 1 atom stereocenters. The Morgan fingerprint density at radius 1 is 1.17 bits per heavy atom. The van der Waals surface area contributed by atoms with Crippen molar-refractivity contribution in [2.45, 2.75) is 44.2 Å². The van der Waals surface area contributed by atoms with Crippen LogP contribution < -0.4 is 16.0 Å². The summed E-state index contributed by atoms with van der Waals surface area (Å²) in [5.74, 6) is -0.107. The molecule has 0 bridgehead atoms. The summed E-state index contributed by atoms with van der Waals surface area (Å²) in [5.41, 5.74) is 9.92. The molecule has 7 rings (SSSR count). The highest BCUT2D eigenvalue weighted by atomic mass is 19.1. The third kappa shape index (κ3) is 4.78. The molecule has 2 aromatic carbocycles. The number of nitrogens with zero attached hydrogens (tertiary/aromatic N) is 6. The minimum atomic E-state index is -0.495. The average molecular weight is 557 g/mol. The van der Waals surface area contributed by atoms with Crippen LogP contribution in [0.25, 0.3) is 11.4 Å². The number of nitrogens with two attached hydrogens (primary N) is 1. The molecule has 4 heterocycles. The lowest BCUT2D eigenvalue weighted by Gasteiger charge is -2.31. The maximum Gasteiger partial charge on any atom is 0.261 e. The zero-order chi connectivity index (χ0) is 28.1. The molecule has 2 fully saturated rings. The lowest BCUT2D eigenvalue weighted by Crippen LogP contribution is -2.39. The van der Waals surface area contributed by atoms with Crippen molar-refractivity contribution in [2.75, 3.05) is 35.7 Å². The molecular formula is C29H29FN8O3. The lowest BCUT2D eigenvalue weighted by molar-refractivity contribution is 0.0976. The van der Waals surface area contributed by atoms with Gasteiger partial charge < -0.3 is 25.8 Å². The van der Waals surface area contributed by atoms with Gasteiger partial charge in [-0.05, 0) is 54.9 Å². The molecule has 0 radical (unpaired) electrons. The molecule has 1 amide bonds. The van der Waals surface area contributed by atoms with E-state index in [0.29, 0.717) is 54.6 Å². The van der Waals surface area contributed by atoms with E-state index in [0.717, 1.165) is 30.4 Å². The second kappa shape index (κ2) is 10.2. The van der Waals surface area contributed by atoms with Crippen molar-refractivity contribution in [1.82, 2.24) is 24.7 Å². The number of rotatable bonds is 7. The average Bonchev–Trinajstić information content (AvgIpc) is 3.47. The number of anilines is 4. The lowest BCUT2D eigenvalue weighted by atomic mass is 9.93. The number of nitrogens with one attached hydrogen (secondary N) is 1. The number of carbonyl (C=O) groups is 1. The van der Waals surface area contributed by atoms with E-state index in [-0.39, 0.29) is 29.3 Å². The highest BCUT2D eigenvalue weighted by Crippen LogP contribution is 2.42. The normalized spacial score (nSPS) is 18.5. The Morgan fingerprint density at radius 3 is 2.83 bits per heavy atom. The highest BCUT2D eigenvalue weighted by Gasteiger charge is 2.33. The highest BCUT2D eigenvalue weighted by molar-refractivity contribution is 6.09. The number of halogens is 1. The molecule has 4 aromatic rings. The van der Waals surface area contributed by atoms with Gasteiger partial charge in [-0.1, -0.05) is 18.2 Å². The van der Waals surface area contributed by atoms with Crippen LogP contribution in [0.3, 0.4) is 0 Å². The van der Waals surface area contributed by atoms with Crippen molar-refractivity contribution in [2.24, 2.45) is 0 Å². The summed E-state index contributed by atoms with van der Waals surface area (Å²) in [4.78, 5) is 28.2. The van der Waals surface area contributed by atoms with Gasteiger partial charge in [0.05, 0.1) is 42.4 Å². The van der Waals surface area contributed by atoms with Gasteiger partial charge in [0, 0.05) is 30.5 Å². The van der Waals surface area contributed by atoms with E-state index in [4.69, 9.17) is 10.5 Å². The van der Waals surface area contributed by atoms with E-state index < -0.39 is 18.3 Å². The third-order valence-electron chi connectivity index (χ3n) is 7.94. The number of fused-ring (bicyclic) bond motifs is 1. The first-order valence-corrected chi connectivity index (χ1v) is 13.8. The van der Waals surface area contributed by atoms with Crippen LogP contribution in [0.15, 0.2) is 42.7 Å². The molecular weight excluding hydrogens is 527 g/mol. The zero-order valence-corrected chi connectivity index (χ0v) is 22.3. The first-order chi connectivity index (χ1) is 20.0. The molecule has 1 unspecified atom stereocenters. The van der Waals surface area contributed by atoms with Gasteiger partial charge in [-0.15, -0.1) is 0 Å². The minimum absolute atomic E-state index is 0.0140. The van der Waals surface area contributed by atoms with E-state index >= 15 is 4.39 Å². The van der Waals surface area contributed by atoms with E-state index in [1.165, 1.54) is 11.0 Å². The van der Waals surface area contributed by atoms with Gasteiger partial charge in [-0.25, -0.2) is 4.39 Å². The van der Waals surface area contributed by atoms with Gasteiger partial charge >= 0.3 is 0 Å². The Labute approximate surface area is 235 Å². The molecule has 41 heavy (non-hydrogen) atoms. The SMILES string of the molecule is Nc1nc(Nc2cnn(C3CCOC3)c2)nc(-c2cccc(N3CCc4cc(C5CC5)cc(F)c4C3=O)c2CO)n1. The van der Waals surface area contributed by atoms with Crippen LogP contribution in [-0.2, 0) is 17.8 Å². The van der Waals surface area contributed by atoms with Crippen LogP contribution in [0.1, 0.15) is 58.3 Å². The van der Waals surface area contributed by atoms with Crippen LogP contribution in [0.2, 0.25) is 0 Å². The quantitative estimate of drug-likeness (QED) is 0.310. The molecule has 3 aliphatic rings. The summed E-state index contributed by atoms with van der Waals surface area (Å²) in [5, 5.41) is 18.0. The molecule has 1 saturated heterocycles. The first-order valence-electron chi connectivity index (χ1n) is 13.8. The van der Waals surface area contributed by atoms with Crippen LogP contribution in [-0.4, -0.2) is 55.5 Å². The Balaban J connectivity index is 1.19. The van der Waals surface area contributed by atoms with Gasteiger partial charge in [0.1, 0.15) is 5.82 Å². The van der Waals surface area contributed by atoms with Crippen molar-refractivity contribution in [1.29, 1.82) is 0 Å². The Hall–Kier alpha value is -4.42. The summed E-state index contributed by atoms with van der Waals surface area (Å²) in [6, 6.07) is 8.88. The van der Waals surface area contributed by atoms with Crippen LogP contribution >= 0.6 is 0 Å².